The molecule has 0 saturated heterocycles. The summed E-state index contributed by atoms with van der Waals surface area (Å²) in [5, 5.41) is 3.57. The van der Waals surface area contributed by atoms with Gasteiger partial charge in [-0.3, -0.25) is 9.55 Å². The van der Waals surface area contributed by atoms with Crippen LogP contribution in [0.15, 0.2) is 121 Å². The highest BCUT2D eigenvalue weighted by atomic mass is 32.1. The third kappa shape index (κ3) is 3.19. The van der Waals surface area contributed by atoms with Gasteiger partial charge in [-0.2, -0.15) is 0 Å². The van der Waals surface area contributed by atoms with Gasteiger partial charge in [0.1, 0.15) is 0 Å². The standard InChI is InChI=1S/C33H20N4S/c1-3-11-21(12-4-1)25-19-26(22-13-5-2-6-14-22)36-33(35-25)37-27-17-9-7-15-23(27)30-28(37)20-34-31-24-16-8-10-18-29(24)38-32(30)31/h1-20H. The molecule has 4 nitrogen and oxygen atoms in total. The van der Waals surface area contributed by atoms with Crippen molar-refractivity contribution in [3.05, 3.63) is 121 Å². The molecule has 0 bridgehead atoms. The zero-order chi connectivity index (χ0) is 25.1. The van der Waals surface area contributed by atoms with E-state index in [-0.39, 0.29) is 0 Å². The molecule has 4 aromatic carbocycles. The van der Waals surface area contributed by atoms with Gasteiger partial charge < -0.3 is 0 Å². The lowest BCUT2D eigenvalue weighted by atomic mass is 10.1. The number of aromatic nitrogens is 4. The van der Waals surface area contributed by atoms with Crippen LogP contribution in [0, 0.1) is 0 Å². The maximum atomic E-state index is 5.12. The molecule has 4 heterocycles. The summed E-state index contributed by atoms with van der Waals surface area (Å²) in [4.78, 5) is 15.2. The van der Waals surface area contributed by atoms with E-state index in [0.717, 1.165) is 39.1 Å². The van der Waals surface area contributed by atoms with Gasteiger partial charge in [0.25, 0.3) is 0 Å². The Kier molecular flexibility index (Phi) is 4.66. The maximum Gasteiger partial charge on any atom is 0.235 e. The van der Waals surface area contributed by atoms with E-state index in [1.54, 1.807) is 11.3 Å². The summed E-state index contributed by atoms with van der Waals surface area (Å²) in [6, 6.07) is 39.7. The van der Waals surface area contributed by atoms with Gasteiger partial charge in [0.2, 0.25) is 5.95 Å². The number of rotatable bonds is 3. The molecule has 0 aliphatic heterocycles. The van der Waals surface area contributed by atoms with E-state index in [1.165, 1.54) is 25.6 Å². The van der Waals surface area contributed by atoms with Gasteiger partial charge in [-0.05, 0) is 18.2 Å². The van der Waals surface area contributed by atoms with Crippen molar-refractivity contribution in [1.82, 2.24) is 19.5 Å². The van der Waals surface area contributed by atoms with Crippen LogP contribution >= 0.6 is 11.3 Å². The quantitative estimate of drug-likeness (QED) is 0.242. The van der Waals surface area contributed by atoms with Crippen LogP contribution in [-0.2, 0) is 0 Å². The molecule has 0 aliphatic rings. The van der Waals surface area contributed by atoms with Gasteiger partial charge in [0, 0.05) is 32.0 Å². The molecule has 8 rings (SSSR count). The number of fused-ring (bicyclic) bond motifs is 7. The average molecular weight is 505 g/mol. The summed E-state index contributed by atoms with van der Waals surface area (Å²) in [6.07, 6.45) is 1.98. The van der Waals surface area contributed by atoms with Crippen molar-refractivity contribution in [3.63, 3.8) is 0 Å². The van der Waals surface area contributed by atoms with E-state index < -0.39 is 0 Å². The lowest BCUT2D eigenvalue weighted by molar-refractivity contribution is 0.994. The number of thiophene rings is 1. The number of nitrogens with zero attached hydrogens (tertiary/aromatic N) is 4. The van der Waals surface area contributed by atoms with Gasteiger partial charge in [-0.1, -0.05) is 97.1 Å². The second-order valence-electron chi connectivity index (χ2n) is 9.32. The van der Waals surface area contributed by atoms with Crippen molar-refractivity contribution < 1.29 is 0 Å². The van der Waals surface area contributed by atoms with Crippen molar-refractivity contribution in [3.8, 4) is 28.5 Å². The Morgan fingerprint density at radius 1 is 0.579 bits per heavy atom. The van der Waals surface area contributed by atoms with Crippen LogP contribution in [0.2, 0.25) is 0 Å². The van der Waals surface area contributed by atoms with Gasteiger partial charge in [-0.25, -0.2) is 9.97 Å². The Labute approximate surface area is 222 Å². The van der Waals surface area contributed by atoms with Crippen LogP contribution in [0.3, 0.4) is 0 Å². The molecule has 178 valence electrons. The van der Waals surface area contributed by atoms with Gasteiger partial charge in [0.15, 0.2) is 0 Å². The molecule has 4 aromatic heterocycles. The Morgan fingerprint density at radius 2 is 1.18 bits per heavy atom. The molecule has 0 radical (unpaired) electrons. The lowest BCUT2D eigenvalue weighted by Gasteiger charge is -2.11. The molecule has 0 spiro atoms. The number of para-hydroxylation sites is 1. The van der Waals surface area contributed by atoms with Crippen molar-refractivity contribution in [2.24, 2.45) is 0 Å². The summed E-state index contributed by atoms with van der Waals surface area (Å²) in [7, 11) is 0. The topological polar surface area (TPSA) is 43.6 Å². The third-order valence-corrected chi connectivity index (χ3v) is 8.25. The van der Waals surface area contributed by atoms with E-state index in [1.807, 2.05) is 42.6 Å². The minimum Gasteiger partial charge on any atom is -0.276 e. The Morgan fingerprint density at radius 3 is 1.89 bits per heavy atom. The molecule has 0 unspecified atom stereocenters. The molecular formula is C33H20N4S. The molecule has 5 heteroatoms. The van der Waals surface area contributed by atoms with Crippen LogP contribution in [0.5, 0.6) is 0 Å². The number of benzene rings is 4. The number of hydrogen-bond acceptors (Lipinski definition) is 4. The van der Waals surface area contributed by atoms with Crippen LogP contribution in [0.1, 0.15) is 0 Å². The van der Waals surface area contributed by atoms with E-state index in [9.17, 15) is 0 Å². The smallest absolute Gasteiger partial charge is 0.235 e. The monoisotopic (exact) mass is 504 g/mol. The highest BCUT2D eigenvalue weighted by Gasteiger charge is 2.20. The SMILES string of the molecule is c1ccc(-c2cc(-c3ccccc3)nc(-n3c4ccccc4c4c5sc6ccccc6c5ncc43)n2)cc1. The van der Waals surface area contributed by atoms with E-state index >= 15 is 0 Å². The highest BCUT2D eigenvalue weighted by Crippen LogP contribution is 2.42. The first-order valence-corrected chi connectivity index (χ1v) is 13.4. The predicted molar refractivity (Wildman–Crippen MR) is 158 cm³/mol. The summed E-state index contributed by atoms with van der Waals surface area (Å²) >= 11 is 1.80. The van der Waals surface area contributed by atoms with Gasteiger partial charge >= 0.3 is 0 Å². The predicted octanol–water partition coefficient (Wildman–Crippen LogP) is 8.67. The van der Waals surface area contributed by atoms with E-state index in [0.29, 0.717) is 5.95 Å². The maximum absolute atomic E-state index is 5.12. The highest BCUT2D eigenvalue weighted by molar-refractivity contribution is 7.26. The summed E-state index contributed by atoms with van der Waals surface area (Å²) in [5.74, 6) is 0.638. The molecule has 8 aromatic rings. The first-order valence-electron chi connectivity index (χ1n) is 12.5. The van der Waals surface area contributed by atoms with Gasteiger partial charge in [-0.15, -0.1) is 11.3 Å². The molecule has 0 aliphatic carbocycles. The normalized spacial score (nSPS) is 11.7. The Balaban J connectivity index is 1.49. The largest absolute Gasteiger partial charge is 0.276 e. The molecule has 0 N–H and O–H groups in total. The second-order valence-corrected chi connectivity index (χ2v) is 10.4. The molecule has 0 fully saturated rings. The van der Waals surface area contributed by atoms with Crippen molar-refractivity contribution >= 4 is 53.4 Å². The molecule has 0 amide bonds. The van der Waals surface area contributed by atoms with E-state index in [4.69, 9.17) is 15.0 Å². The Bertz CT molecular complexity index is 2070. The first-order chi connectivity index (χ1) is 18.8. The lowest BCUT2D eigenvalue weighted by Crippen LogP contribution is -2.04. The summed E-state index contributed by atoms with van der Waals surface area (Å²) < 4.78 is 4.61. The minimum absolute atomic E-state index is 0.638. The number of hydrogen-bond donors (Lipinski definition) is 0. The fraction of sp³-hybridized carbons (Fsp3) is 0. The van der Waals surface area contributed by atoms with Crippen LogP contribution in [-0.4, -0.2) is 19.5 Å². The van der Waals surface area contributed by atoms with Crippen LogP contribution in [0.4, 0.5) is 0 Å². The van der Waals surface area contributed by atoms with E-state index in [2.05, 4.69) is 83.4 Å². The zero-order valence-corrected chi connectivity index (χ0v) is 21.1. The zero-order valence-electron chi connectivity index (χ0n) is 20.2. The average Bonchev–Trinajstić information content (AvgIpc) is 3.53. The van der Waals surface area contributed by atoms with Gasteiger partial charge in [0.05, 0.1) is 38.8 Å². The Hall–Kier alpha value is -4.87. The molecule has 0 saturated carbocycles. The molecule has 38 heavy (non-hydrogen) atoms. The van der Waals surface area contributed by atoms with Crippen LogP contribution < -0.4 is 0 Å². The first kappa shape index (κ1) is 21.2. The number of pyridine rings is 1. The molecular weight excluding hydrogens is 484 g/mol. The summed E-state index contributed by atoms with van der Waals surface area (Å²) in [6.45, 7) is 0. The van der Waals surface area contributed by atoms with Crippen molar-refractivity contribution in [2.45, 2.75) is 0 Å². The van der Waals surface area contributed by atoms with Crippen LogP contribution in [0.25, 0.3) is 70.6 Å². The van der Waals surface area contributed by atoms with Crippen molar-refractivity contribution in [1.29, 1.82) is 0 Å². The fourth-order valence-electron chi connectivity index (χ4n) is 5.34. The molecule has 0 atom stereocenters. The summed E-state index contributed by atoms with van der Waals surface area (Å²) in [5.41, 5.74) is 7.00. The fourth-order valence-corrected chi connectivity index (χ4v) is 6.56. The minimum atomic E-state index is 0.638. The second kappa shape index (κ2) is 8.33. The van der Waals surface area contributed by atoms with Crippen molar-refractivity contribution in [2.75, 3.05) is 0 Å². The third-order valence-electron chi connectivity index (χ3n) is 7.08.